The number of esters is 1. The van der Waals surface area contributed by atoms with E-state index in [0.29, 0.717) is 16.7 Å². The van der Waals surface area contributed by atoms with Gasteiger partial charge in [0, 0.05) is 32.7 Å². The lowest BCUT2D eigenvalue weighted by molar-refractivity contribution is -0.137. The van der Waals surface area contributed by atoms with Crippen LogP contribution < -0.4 is 9.64 Å². The second-order valence-corrected chi connectivity index (χ2v) is 9.89. The summed E-state index contributed by atoms with van der Waals surface area (Å²) in [6.45, 7) is 5.82. The highest BCUT2D eigenvalue weighted by Gasteiger charge is 2.30. The number of hydrogen-bond acceptors (Lipinski definition) is 6. The summed E-state index contributed by atoms with van der Waals surface area (Å²) in [6.07, 6.45) is -2.94. The molecule has 0 unspecified atom stereocenters. The monoisotopic (exact) mass is 556 g/mol. The Bertz CT molecular complexity index is 1570. The van der Waals surface area contributed by atoms with Crippen LogP contribution >= 0.6 is 0 Å². The highest BCUT2D eigenvalue weighted by Crippen LogP contribution is 2.33. The van der Waals surface area contributed by atoms with E-state index in [9.17, 15) is 18.0 Å². The molecule has 6 nitrogen and oxygen atoms in total. The molecule has 1 saturated heterocycles. The lowest BCUT2D eigenvalue weighted by Crippen LogP contribution is -2.46. The Kier molecular flexibility index (Phi) is 8.04. The molecule has 0 N–H and O–H groups in total. The first kappa shape index (κ1) is 27.9. The molecule has 4 aromatic rings. The molecular weight excluding hydrogens is 529 g/mol. The quantitative estimate of drug-likeness (QED) is 0.253. The van der Waals surface area contributed by atoms with Gasteiger partial charge in [-0.2, -0.15) is 18.4 Å². The van der Waals surface area contributed by atoms with Gasteiger partial charge in [0.1, 0.15) is 11.6 Å². The zero-order valence-corrected chi connectivity index (χ0v) is 22.4. The van der Waals surface area contributed by atoms with E-state index in [4.69, 9.17) is 10.00 Å². The van der Waals surface area contributed by atoms with Gasteiger partial charge >= 0.3 is 12.1 Å². The van der Waals surface area contributed by atoms with Gasteiger partial charge in [0.05, 0.1) is 29.0 Å². The van der Waals surface area contributed by atoms with Gasteiger partial charge in [0.25, 0.3) is 0 Å². The van der Waals surface area contributed by atoms with Gasteiger partial charge in [0.2, 0.25) is 0 Å². The molecule has 1 fully saturated rings. The van der Waals surface area contributed by atoms with E-state index in [0.717, 1.165) is 61.8 Å². The van der Waals surface area contributed by atoms with Crippen molar-refractivity contribution in [3.8, 4) is 22.9 Å². The number of aromatic nitrogens is 1. The fraction of sp³-hybridized carbons (Fsp3) is 0.219. The van der Waals surface area contributed by atoms with Crippen LogP contribution in [0.2, 0.25) is 0 Å². The Morgan fingerprint density at radius 1 is 0.976 bits per heavy atom. The number of carbonyl (C=O) groups excluding carboxylic acids is 1. The highest BCUT2D eigenvalue weighted by atomic mass is 19.4. The zero-order valence-electron chi connectivity index (χ0n) is 22.4. The summed E-state index contributed by atoms with van der Waals surface area (Å²) in [5.41, 5.74) is 3.02. The number of aryl methyl sites for hydroxylation is 1. The Labute approximate surface area is 236 Å². The highest BCUT2D eigenvalue weighted by molar-refractivity contribution is 5.99. The van der Waals surface area contributed by atoms with Crippen LogP contribution in [0.3, 0.4) is 0 Å². The third-order valence-electron chi connectivity index (χ3n) is 7.08. The third-order valence-corrected chi connectivity index (χ3v) is 7.08. The van der Waals surface area contributed by atoms with Crippen LogP contribution in [0, 0.1) is 18.3 Å². The van der Waals surface area contributed by atoms with Crippen LogP contribution in [0.1, 0.15) is 32.6 Å². The van der Waals surface area contributed by atoms with Crippen molar-refractivity contribution in [2.24, 2.45) is 0 Å². The number of nitriles is 1. The SMILES string of the molecule is Cc1cccc(C(=O)Oc2ccc(N3CCN(Cc4cccc(C#N)c4)CC3)nc2)c1-c1ccc(C(F)(F)F)cc1. The minimum absolute atomic E-state index is 0.255. The van der Waals surface area contributed by atoms with E-state index < -0.39 is 17.7 Å². The molecule has 208 valence electrons. The lowest BCUT2D eigenvalue weighted by atomic mass is 9.94. The number of nitrogens with zero attached hydrogens (tertiary/aromatic N) is 4. The van der Waals surface area contributed by atoms with Crippen molar-refractivity contribution in [3.63, 3.8) is 0 Å². The molecule has 41 heavy (non-hydrogen) atoms. The van der Waals surface area contributed by atoms with E-state index in [1.165, 1.54) is 18.3 Å². The standard InChI is InChI=1S/C32H27F3N4O2/c1-22-4-2-7-28(30(22)25-8-10-26(11-9-25)32(33,34)35)31(40)41-27-12-13-29(37-20-27)39-16-14-38(15-17-39)21-24-6-3-5-23(18-24)19-36/h2-13,18,20H,14-17,21H2,1H3. The van der Waals surface area contributed by atoms with Crippen LogP contribution in [0.5, 0.6) is 5.75 Å². The number of pyridine rings is 1. The fourth-order valence-electron chi connectivity index (χ4n) is 4.96. The Morgan fingerprint density at radius 2 is 1.71 bits per heavy atom. The number of piperazine rings is 1. The first-order valence-electron chi connectivity index (χ1n) is 13.1. The van der Waals surface area contributed by atoms with Gasteiger partial charge in [-0.25, -0.2) is 9.78 Å². The molecule has 1 aliphatic heterocycles. The number of hydrogen-bond donors (Lipinski definition) is 0. The van der Waals surface area contributed by atoms with Gasteiger partial charge in [-0.05, 0) is 71.6 Å². The number of ether oxygens (including phenoxy) is 1. The molecular formula is C32H27F3N4O2. The predicted molar refractivity (Wildman–Crippen MR) is 149 cm³/mol. The van der Waals surface area contributed by atoms with E-state index >= 15 is 0 Å². The van der Waals surface area contributed by atoms with Crippen molar-refractivity contribution in [2.45, 2.75) is 19.6 Å². The summed E-state index contributed by atoms with van der Waals surface area (Å²) in [7, 11) is 0. The maximum absolute atomic E-state index is 13.1. The summed E-state index contributed by atoms with van der Waals surface area (Å²) < 4.78 is 44.7. The molecule has 0 radical (unpaired) electrons. The number of benzene rings is 3. The van der Waals surface area contributed by atoms with E-state index in [-0.39, 0.29) is 11.3 Å². The van der Waals surface area contributed by atoms with E-state index in [1.54, 1.807) is 37.3 Å². The molecule has 0 spiro atoms. The van der Waals surface area contributed by atoms with Crippen LogP contribution in [0.4, 0.5) is 19.0 Å². The molecule has 3 aromatic carbocycles. The van der Waals surface area contributed by atoms with Gasteiger partial charge < -0.3 is 9.64 Å². The van der Waals surface area contributed by atoms with Crippen molar-refractivity contribution in [1.29, 1.82) is 5.26 Å². The number of rotatable bonds is 6. The summed E-state index contributed by atoms with van der Waals surface area (Å²) in [5.74, 6) is 0.429. The first-order chi connectivity index (χ1) is 19.7. The Morgan fingerprint density at radius 3 is 2.37 bits per heavy atom. The molecule has 9 heteroatoms. The molecule has 0 aliphatic carbocycles. The second kappa shape index (κ2) is 11.8. The van der Waals surface area contributed by atoms with Crippen molar-refractivity contribution in [3.05, 3.63) is 113 Å². The van der Waals surface area contributed by atoms with E-state index in [1.807, 2.05) is 24.3 Å². The molecule has 0 bridgehead atoms. The second-order valence-electron chi connectivity index (χ2n) is 9.89. The van der Waals surface area contributed by atoms with Crippen LogP contribution in [0.15, 0.2) is 85.1 Å². The maximum Gasteiger partial charge on any atom is 0.416 e. The molecule has 5 rings (SSSR count). The maximum atomic E-state index is 13.1. The zero-order chi connectivity index (χ0) is 29.0. The van der Waals surface area contributed by atoms with Crippen LogP contribution in [-0.2, 0) is 12.7 Å². The molecule has 1 aromatic heterocycles. The summed E-state index contributed by atoms with van der Waals surface area (Å²) in [4.78, 5) is 22.1. The number of alkyl halides is 3. The summed E-state index contributed by atoms with van der Waals surface area (Å²) >= 11 is 0. The minimum atomic E-state index is -4.44. The molecule has 1 aliphatic rings. The summed E-state index contributed by atoms with van der Waals surface area (Å²) in [6, 6.07) is 23.1. The lowest BCUT2D eigenvalue weighted by Gasteiger charge is -2.35. The van der Waals surface area contributed by atoms with Gasteiger partial charge in [-0.15, -0.1) is 0 Å². The topological polar surface area (TPSA) is 69.5 Å². The Hall–Kier alpha value is -4.68. The average Bonchev–Trinajstić information content (AvgIpc) is 2.97. The van der Waals surface area contributed by atoms with Crippen LogP contribution in [0.25, 0.3) is 11.1 Å². The number of halogens is 3. The predicted octanol–water partition coefficient (Wildman–Crippen LogP) is 6.49. The molecule has 0 atom stereocenters. The van der Waals surface area contributed by atoms with Crippen molar-refractivity contribution < 1.29 is 22.7 Å². The third kappa shape index (κ3) is 6.56. The number of carbonyl (C=O) groups is 1. The Balaban J connectivity index is 1.22. The van der Waals surface area contributed by atoms with E-state index in [2.05, 4.69) is 20.9 Å². The molecule has 0 saturated carbocycles. The van der Waals surface area contributed by atoms with Crippen LogP contribution in [-0.4, -0.2) is 42.0 Å². The van der Waals surface area contributed by atoms with Crippen molar-refractivity contribution in [1.82, 2.24) is 9.88 Å². The van der Waals surface area contributed by atoms with Crippen molar-refractivity contribution >= 4 is 11.8 Å². The minimum Gasteiger partial charge on any atom is -0.421 e. The van der Waals surface area contributed by atoms with Gasteiger partial charge in [-0.1, -0.05) is 36.4 Å². The molecule has 0 amide bonds. The normalized spacial score (nSPS) is 14.0. The fourth-order valence-corrected chi connectivity index (χ4v) is 4.96. The molecule has 2 heterocycles. The number of anilines is 1. The average molecular weight is 557 g/mol. The van der Waals surface area contributed by atoms with Gasteiger partial charge in [0.15, 0.2) is 0 Å². The van der Waals surface area contributed by atoms with Crippen molar-refractivity contribution in [2.75, 3.05) is 31.1 Å². The van der Waals surface area contributed by atoms with Gasteiger partial charge in [-0.3, -0.25) is 4.90 Å². The largest absolute Gasteiger partial charge is 0.421 e. The smallest absolute Gasteiger partial charge is 0.416 e. The summed E-state index contributed by atoms with van der Waals surface area (Å²) in [5, 5.41) is 9.12. The first-order valence-corrected chi connectivity index (χ1v) is 13.1.